The Bertz CT molecular complexity index is 596. The van der Waals surface area contributed by atoms with Crippen molar-refractivity contribution in [2.24, 2.45) is 5.73 Å². The van der Waals surface area contributed by atoms with Crippen molar-refractivity contribution in [3.05, 3.63) is 58.4 Å². The number of hydrogen-bond donors (Lipinski definition) is 1. The smallest absolute Gasteiger partial charge is 0.0642 e. The van der Waals surface area contributed by atoms with Crippen LogP contribution >= 0.6 is 11.6 Å². The summed E-state index contributed by atoms with van der Waals surface area (Å²) in [5, 5.41) is 0.718. The van der Waals surface area contributed by atoms with E-state index in [4.69, 9.17) is 17.3 Å². The van der Waals surface area contributed by atoms with Gasteiger partial charge in [0.05, 0.1) is 22.9 Å². The molecule has 1 aromatic carbocycles. The third-order valence-electron chi connectivity index (χ3n) is 3.25. The number of halogens is 1. The Morgan fingerprint density at radius 3 is 2.65 bits per heavy atom. The molecular weight excluding hydrogens is 270 g/mol. The summed E-state index contributed by atoms with van der Waals surface area (Å²) in [5.74, 6) is 0. The van der Waals surface area contributed by atoms with Crippen molar-refractivity contribution in [3.63, 3.8) is 0 Å². The molecule has 1 heterocycles. The normalized spacial score (nSPS) is 12.2. The quantitative estimate of drug-likeness (QED) is 0.933. The Morgan fingerprint density at radius 1 is 1.30 bits per heavy atom. The van der Waals surface area contributed by atoms with Crippen molar-refractivity contribution >= 4 is 17.3 Å². The number of aryl methyl sites for hydroxylation is 1. The molecule has 0 fully saturated rings. The third-order valence-corrected chi connectivity index (χ3v) is 3.56. The number of nitrogens with two attached hydrogens (primary N) is 1. The van der Waals surface area contributed by atoms with Gasteiger partial charge in [-0.25, -0.2) is 0 Å². The van der Waals surface area contributed by atoms with E-state index in [0.29, 0.717) is 0 Å². The van der Waals surface area contributed by atoms with Gasteiger partial charge in [0.1, 0.15) is 0 Å². The minimum Gasteiger partial charge on any atom is -0.367 e. The summed E-state index contributed by atoms with van der Waals surface area (Å²) in [6.45, 7) is 4.67. The molecule has 0 amide bonds. The summed E-state index contributed by atoms with van der Waals surface area (Å²) < 4.78 is 0. The van der Waals surface area contributed by atoms with Crippen LogP contribution in [0.1, 0.15) is 29.9 Å². The fourth-order valence-electron chi connectivity index (χ4n) is 2.13. The topological polar surface area (TPSA) is 42.1 Å². The Kier molecular flexibility index (Phi) is 4.63. The Hall–Kier alpha value is -1.58. The molecule has 2 N–H and O–H groups in total. The van der Waals surface area contributed by atoms with Gasteiger partial charge in [0.2, 0.25) is 0 Å². The van der Waals surface area contributed by atoms with Crippen LogP contribution in [0.5, 0.6) is 0 Å². The number of hydrogen-bond acceptors (Lipinski definition) is 3. The molecule has 0 spiro atoms. The first-order valence-electron chi connectivity index (χ1n) is 6.66. The largest absolute Gasteiger partial charge is 0.367 e. The molecule has 1 unspecified atom stereocenters. The molecule has 2 aromatic rings. The van der Waals surface area contributed by atoms with Crippen molar-refractivity contribution in [3.8, 4) is 0 Å². The highest BCUT2D eigenvalue weighted by atomic mass is 35.5. The highest BCUT2D eigenvalue weighted by Gasteiger charge is 2.09. The van der Waals surface area contributed by atoms with E-state index in [9.17, 15) is 0 Å². The molecule has 1 atom stereocenters. The number of pyridine rings is 1. The summed E-state index contributed by atoms with van der Waals surface area (Å²) in [7, 11) is 2.01. The summed E-state index contributed by atoms with van der Waals surface area (Å²) in [6, 6.07) is 12.0. The maximum absolute atomic E-state index is 6.35. The molecule has 0 bridgehead atoms. The molecule has 0 aliphatic heterocycles. The van der Waals surface area contributed by atoms with Crippen molar-refractivity contribution in [2.75, 3.05) is 11.9 Å². The molecule has 1 aromatic heterocycles. The maximum Gasteiger partial charge on any atom is 0.0642 e. The lowest BCUT2D eigenvalue weighted by Gasteiger charge is -2.21. The molecule has 0 saturated heterocycles. The number of aromatic nitrogens is 1. The predicted molar refractivity (Wildman–Crippen MR) is 85.1 cm³/mol. The van der Waals surface area contributed by atoms with Gasteiger partial charge >= 0.3 is 0 Å². The van der Waals surface area contributed by atoms with Crippen LogP contribution in [0.3, 0.4) is 0 Å². The van der Waals surface area contributed by atoms with E-state index in [-0.39, 0.29) is 6.04 Å². The standard InChI is InChI=1S/C16H20ClN3/c1-11-5-4-6-14(19-11)10-20(3)16-8-7-13(12(2)18)9-15(16)17/h4-9,12H,10,18H2,1-3H3. The zero-order chi connectivity index (χ0) is 14.7. The first-order chi connectivity index (χ1) is 9.47. The van der Waals surface area contributed by atoms with Crippen molar-refractivity contribution < 1.29 is 0 Å². The zero-order valence-electron chi connectivity index (χ0n) is 12.1. The van der Waals surface area contributed by atoms with Crippen LogP contribution in [0, 0.1) is 6.92 Å². The first-order valence-corrected chi connectivity index (χ1v) is 7.04. The molecule has 106 valence electrons. The first kappa shape index (κ1) is 14.8. The van der Waals surface area contributed by atoms with Crippen LogP contribution in [0.25, 0.3) is 0 Å². The van der Waals surface area contributed by atoms with E-state index in [0.717, 1.165) is 34.2 Å². The van der Waals surface area contributed by atoms with Crippen LogP contribution in [0.2, 0.25) is 5.02 Å². The number of anilines is 1. The van der Waals surface area contributed by atoms with Crippen molar-refractivity contribution in [1.82, 2.24) is 4.98 Å². The molecular formula is C16H20ClN3. The second kappa shape index (κ2) is 6.25. The van der Waals surface area contributed by atoms with E-state index in [2.05, 4.69) is 9.88 Å². The number of benzene rings is 1. The van der Waals surface area contributed by atoms with Gasteiger partial charge in [0.15, 0.2) is 0 Å². The van der Waals surface area contributed by atoms with Crippen molar-refractivity contribution in [1.29, 1.82) is 0 Å². The van der Waals surface area contributed by atoms with E-state index < -0.39 is 0 Å². The lowest BCUT2D eigenvalue weighted by Crippen LogP contribution is -2.18. The summed E-state index contributed by atoms with van der Waals surface area (Å²) in [6.07, 6.45) is 0. The highest BCUT2D eigenvalue weighted by molar-refractivity contribution is 6.33. The highest BCUT2D eigenvalue weighted by Crippen LogP contribution is 2.28. The summed E-state index contributed by atoms with van der Waals surface area (Å²) in [5.41, 5.74) is 9.94. The Balaban J connectivity index is 2.19. The second-order valence-corrected chi connectivity index (χ2v) is 5.53. The lowest BCUT2D eigenvalue weighted by atomic mass is 10.1. The van der Waals surface area contributed by atoms with Gasteiger partial charge in [0, 0.05) is 18.8 Å². The molecule has 4 heteroatoms. The monoisotopic (exact) mass is 289 g/mol. The molecule has 20 heavy (non-hydrogen) atoms. The maximum atomic E-state index is 6.35. The minimum atomic E-state index is -0.00899. The Labute approximate surface area is 125 Å². The number of nitrogens with zero attached hydrogens (tertiary/aromatic N) is 2. The van der Waals surface area contributed by atoms with Crippen molar-refractivity contribution in [2.45, 2.75) is 26.4 Å². The summed E-state index contributed by atoms with van der Waals surface area (Å²) >= 11 is 6.35. The van der Waals surface area contributed by atoms with Crippen LogP contribution in [-0.4, -0.2) is 12.0 Å². The van der Waals surface area contributed by atoms with Crippen LogP contribution < -0.4 is 10.6 Å². The average Bonchev–Trinajstić information content (AvgIpc) is 2.38. The van der Waals surface area contributed by atoms with E-state index in [1.54, 1.807) is 0 Å². The number of rotatable bonds is 4. The molecule has 2 rings (SSSR count). The SMILES string of the molecule is Cc1cccc(CN(C)c2ccc(C(C)N)cc2Cl)n1. The minimum absolute atomic E-state index is 0.00899. The second-order valence-electron chi connectivity index (χ2n) is 5.13. The lowest BCUT2D eigenvalue weighted by molar-refractivity contribution is 0.816. The average molecular weight is 290 g/mol. The van der Waals surface area contributed by atoms with Crippen LogP contribution in [0.4, 0.5) is 5.69 Å². The molecule has 3 nitrogen and oxygen atoms in total. The van der Waals surface area contributed by atoms with E-state index in [1.807, 2.05) is 57.3 Å². The third kappa shape index (κ3) is 3.50. The van der Waals surface area contributed by atoms with Gasteiger partial charge in [-0.2, -0.15) is 0 Å². The van der Waals surface area contributed by atoms with E-state index in [1.165, 1.54) is 0 Å². The van der Waals surface area contributed by atoms with Gasteiger partial charge in [-0.15, -0.1) is 0 Å². The van der Waals surface area contributed by atoms with Gasteiger partial charge < -0.3 is 10.6 Å². The van der Waals surface area contributed by atoms with Gasteiger partial charge in [-0.3, -0.25) is 4.98 Å². The fourth-order valence-corrected chi connectivity index (χ4v) is 2.46. The predicted octanol–water partition coefficient (Wildman–Crippen LogP) is 3.70. The van der Waals surface area contributed by atoms with E-state index >= 15 is 0 Å². The van der Waals surface area contributed by atoms with Crippen LogP contribution in [-0.2, 0) is 6.54 Å². The molecule has 0 saturated carbocycles. The van der Waals surface area contributed by atoms with Crippen LogP contribution in [0.15, 0.2) is 36.4 Å². The molecule has 0 aliphatic rings. The fraction of sp³-hybridized carbons (Fsp3) is 0.312. The zero-order valence-corrected chi connectivity index (χ0v) is 12.9. The van der Waals surface area contributed by atoms with Gasteiger partial charge in [-0.1, -0.05) is 23.7 Å². The van der Waals surface area contributed by atoms with Gasteiger partial charge in [-0.05, 0) is 43.7 Å². The molecule has 0 radical (unpaired) electrons. The van der Waals surface area contributed by atoms with Gasteiger partial charge in [0.25, 0.3) is 0 Å². The Morgan fingerprint density at radius 2 is 2.05 bits per heavy atom. The summed E-state index contributed by atoms with van der Waals surface area (Å²) in [4.78, 5) is 6.60. The molecule has 0 aliphatic carbocycles.